The Morgan fingerprint density at radius 3 is 2.43 bits per heavy atom. The third-order valence-electron chi connectivity index (χ3n) is 6.46. The number of nitrogens with zero attached hydrogens (tertiary/aromatic N) is 2. The first-order valence-corrected chi connectivity index (χ1v) is 13.4. The molecule has 2 heterocycles. The first-order valence-electron chi connectivity index (χ1n) is 11.2. The molecule has 10 nitrogen and oxygen atoms in total. The summed E-state index contributed by atoms with van der Waals surface area (Å²) in [6.45, 7) is 2.56. The van der Waals surface area contributed by atoms with E-state index in [0.717, 1.165) is 6.07 Å². The highest BCUT2D eigenvalue weighted by Crippen LogP contribution is 2.41. The SMILES string of the molecule is O=c1c(Nc2ccc(Cl)c(S(=O)(=O)N3CCN4CCOCC4C3)c2O)c(Nc2cccc(F)c2Cl)c1=O. The molecule has 5 rings (SSSR count). The maximum absolute atomic E-state index is 13.8. The summed E-state index contributed by atoms with van der Waals surface area (Å²) in [5, 5.41) is 15.7. The second kappa shape index (κ2) is 9.86. The van der Waals surface area contributed by atoms with E-state index in [0.29, 0.717) is 26.3 Å². The lowest BCUT2D eigenvalue weighted by Gasteiger charge is -2.43. The van der Waals surface area contributed by atoms with E-state index in [9.17, 15) is 27.5 Å². The van der Waals surface area contributed by atoms with Crippen LogP contribution in [-0.4, -0.2) is 68.2 Å². The molecule has 0 bridgehead atoms. The van der Waals surface area contributed by atoms with Gasteiger partial charge in [-0.25, -0.2) is 12.8 Å². The van der Waals surface area contributed by atoms with Crippen LogP contribution in [0.25, 0.3) is 0 Å². The van der Waals surface area contributed by atoms with Gasteiger partial charge in [0.05, 0.1) is 34.6 Å². The summed E-state index contributed by atoms with van der Waals surface area (Å²) in [5.74, 6) is -1.44. The van der Waals surface area contributed by atoms with Crippen molar-refractivity contribution >= 4 is 56.0 Å². The summed E-state index contributed by atoms with van der Waals surface area (Å²) in [6, 6.07) is 6.32. The van der Waals surface area contributed by atoms with Gasteiger partial charge in [-0.15, -0.1) is 0 Å². The van der Waals surface area contributed by atoms with Gasteiger partial charge in [0.2, 0.25) is 10.0 Å². The Bertz CT molecular complexity index is 1560. The summed E-state index contributed by atoms with van der Waals surface area (Å²) in [7, 11) is -4.23. The molecule has 37 heavy (non-hydrogen) atoms. The maximum Gasteiger partial charge on any atom is 0.253 e. The lowest BCUT2D eigenvalue weighted by Crippen LogP contribution is -2.59. The molecule has 2 aliphatic rings. The summed E-state index contributed by atoms with van der Waals surface area (Å²) >= 11 is 12.1. The van der Waals surface area contributed by atoms with E-state index in [1.165, 1.54) is 28.6 Å². The molecule has 0 radical (unpaired) electrons. The zero-order valence-corrected chi connectivity index (χ0v) is 21.5. The van der Waals surface area contributed by atoms with E-state index in [1.54, 1.807) is 0 Å². The van der Waals surface area contributed by atoms with E-state index < -0.39 is 37.3 Å². The minimum Gasteiger partial charge on any atom is -0.504 e. The molecule has 14 heteroatoms. The third kappa shape index (κ3) is 4.58. The zero-order valence-electron chi connectivity index (χ0n) is 19.1. The number of ether oxygens (including phenoxy) is 1. The molecule has 0 aliphatic carbocycles. The van der Waals surface area contributed by atoms with Crippen molar-refractivity contribution in [1.29, 1.82) is 0 Å². The quantitative estimate of drug-likeness (QED) is 0.302. The number of hydrogen-bond donors (Lipinski definition) is 3. The smallest absolute Gasteiger partial charge is 0.253 e. The van der Waals surface area contributed by atoms with Gasteiger partial charge in [-0.3, -0.25) is 14.5 Å². The van der Waals surface area contributed by atoms with E-state index in [2.05, 4.69) is 15.5 Å². The molecule has 1 unspecified atom stereocenters. The van der Waals surface area contributed by atoms with Gasteiger partial charge in [-0.1, -0.05) is 29.3 Å². The lowest BCUT2D eigenvalue weighted by atomic mass is 10.1. The molecule has 0 amide bonds. The Hall–Kier alpha value is -2.74. The molecule has 2 fully saturated rings. The fourth-order valence-electron chi connectivity index (χ4n) is 4.46. The van der Waals surface area contributed by atoms with Crippen LogP contribution in [0.3, 0.4) is 0 Å². The van der Waals surface area contributed by atoms with Gasteiger partial charge in [0.1, 0.15) is 22.1 Å². The molecule has 0 saturated carbocycles. The van der Waals surface area contributed by atoms with Crippen LogP contribution in [-0.2, 0) is 14.8 Å². The van der Waals surface area contributed by atoms with Crippen molar-refractivity contribution in [1.82, 2.24) is 9.21 Å². The first kappa shape index (κ1) is 25.9. The summed E-state index contributed by atoms with van der Waals surface area (Å²) in [6.07, 6.45) is 0. The normalized spacial score (nSPS) is 19.1. The molecule has 3 N–H and O–H groups in total. The van der Waals surface area contributed by atoms with Crippen molar-refractivity contribution in [3.05, 3.63) is 66.6 Å². The molecule has 2 saturated heterocycles. The summed E-state index contributed by atoms with van der Waals surface area (Å²) < 4.78 is 47.5. The van der Waals surface area contributed by atoms with E-state index in [4.69, 9.17) is 27.9 Å². The van der Waals surface area contributed by atoms with Gasteiger partial charge in [0, 0.05) is 32.2 Å². The molecule has 3 aromatic carbocycles. The third-order valence-corrected chi connectivity index (χ3v) is 9.21. The zero-order chi connectivity index (χ0) is 26.5. The summed E-state index contributed by atoms with van der Waals surface area (Å²) in [5.41, 5.74) is -2.39. The second-order valence-electron chi connectivity index (χ2n) is 8.66. The Kier molecular flexibility index (Phi) is 6.90. The monoisotopic (exact) mass is 570 g/mol. The number of morpholine rings is 1. The predicted molar refractivity (Wildman–Crippen MR) is 137 cm³/mol. The van der Waals surface area contributed by atoms with E-state index in [-0.39, 0.29) is 51.9 Å². The van der Waals surface area contributed by atoms with Crippen LogP contribution in [0.4, 0.5) is 27.1 Å². The van der Waals surface area contributed by atoms with Crippen LogP contribution in [0.1, 0.15) is 0 Å². The molecule has 2 aliphatic heterocycles. The number of rotatable bonds is 6. The average Bonchev–Trinajstić information content (AvgIpc) is 2.88. The standard InChI is InChI=1S/C23H21Cl2FN4O6S/c24-13-4-5-16(28-19-18(21(32)22(19)33)27-15-3-1-2-14(26)17(15)25)20(31)23(13)37(34,35)30-7-6-29-8-9-36-11-12(29)10-30/h1-5,12,27-28,31H,6-11H2. The van der Waals surface area contributed by atoms with Crippen LogP contribution in [0.5, 0.6) is 5.75 Å². The number of fused-ring (bicyclic) bond motifs is 1. The van der Waals surface area contributed by atoms with Crippen LogP contribution in [0.2, 0.25) is 10.0 Å². The van der Waals surface area contributed by atoms with Crippen molar-refractivity contribution in [2.24, 2.45) is 0 Å². The number of anilines is 4. The Morgan fingerprint density at radius 1 is 1.00 bits per heavy atom. The Labute approximate surface area is 220 Å². The molecule has 0 aromatic heterocycles. The maximum atomic E-state index is 13.8. The van der Waals surface area contributed by atoms with Gasteiger partial charge in [0.25, 0.3) is 10.9 Å². The van der Waals surface area contributed by atoms with Crippen molar-refractivity contribution in [2.45, 2.75) is 10.9 Å². The first-order chi connectivity index (χ1) is 17.6. The number of hydrogen-bond acceptors (Lipinski definition) is 9. The number of nitrogens with one attached hydrogen (secondary N) is 2. The fourth-order valence-corrected chi connectivity index (χ4v) is 6.69. The Balaban J connectivity index is 1.45. The fraction of sp³-hybridized carbons (Fsp3) is 0.304. The Morgan fingerprint density at radius 2 is 1.70 bits per heavy atom. The number of sulfonamides is 1. The van der Waals surface area contributed by atoms with Crippen molar-refractivity contribution < 1.29 is 22.7 Å². The number of phenolic OH excluding ortho intramolecular Hbond substituents is 1. The van der Waals surface area contributed by atoms with E-state index in [1.807, 2.05) is 0 Å². The van der Waals surface area contributed by atoms with Gasteiger partial charge in [0.15, 0.2) is 5.75 Å². The number of piperazine rings is 1. The van der Waals surface area contributed by atoms with Crippen LogP contribution >= 0.6 is 23.2 Å². The van der Waals surface area contributed by atoms with Gasteiger partial charge < -0.3 is 20.5 Å². The van der Waals surface area contributed by atoms with E-state index >= 15 is 0 Å². The second-order valence-corrected chi connectivity index (χ2v) is 11.3. The highest BCUT2D eigenvalue weighted by molar-refractivity contribution is 7.89. The van der Waals surface area contributed by atoms with Gasteiger partial charge in [-0.05, 0) is 24.3 Å². The highest BCUT2D eigenvalue weighted by Gasteiger charge is 2.38. The number of benzene rings is 2. The van der Waals surface area contributed by atoms with Crippen LogP contribution < -0.4 is 21.5 Å². The number of phenols is 1. The van der Waals surface area contributed by atoms with Gasteiger partial charge >= 0.3 is 0 Å². The molecule has 3 aromatic rings. The topological polar surface area (TPSA) is 128 Å². The van der Waals surface area contributed by atoms with Crippen molar-refractivity contribution in [3.63, 3.8) is 0 Å². The molecule has 0 spiro atoms. The molecule has 196 valence electrons. The number of aromatic hydroxyl groups is 1. The van der Waals surface area contributed by atoms with Crippen molar-refractivity contribution in [2.75, 3.05) is 50.0 Å². The highest BCUT2D eigenvalue weighted by atomic mass is 35.5. The minimum absolute atomic E-state index is 0.0475. The average molecular weight is 571 g/mol. The summed E-state index contributed by atoms with van der Waals surface area (Å²) in [4.78, 5) is 26.1. The van der Waals surface area contributed by atoms with Gasteiger partial charge in [-0.2, -0.15) is 4.31 Å². The van der Waals surface area contributed by atoms with Crippen molar-refractivity contribution in [3.8, 4) is 5.75 Å². The number of halogens is 3. The molecular weight excluding hydrogens is 550 g/mol. The molecule has 1 atom stereocenters. The minimum atomic E-state index is -4.23. The largest absolute Gasteiger partial charge is 0.504 e. The predicted octanol–water partition coefficient (Wildman–Crippen LogP) is 2.63. The van der Waals surface area contributed by atoms with Crippen LogP contribution in [0, 0.1) is 5.82 Å². The lowest BCUT2D eigenvalue weighted by molar-refractivity contribution is -0.0304. The van der Waals surface area contributed by atoms with Crippen LogP contribution in [0.15, 0.2) is 44.8 Å². The molecular formula is C23H21Cl2FN4O6S.